The van der Waals surface area contributed by atoms with Gasteiger partial charge >= 0.3 is 0 Å². The van der Waals surface area contributed by atoms with Gasteiger partial charge in [0, 0.05) is 37.4 Å². The number of aromatic nitrogens is 1. The van der Waals surface area contributed by atoms with E-state index in [2.05, 4.69) is 10.3 Å². The molecule has 0 saturated heterocycles. The second-order valence-electron chi connectivity index (χ2n) is 5.88. The molecule has 0 spiro atoms. The molecule has 0 radical (unpaired) electrons. The summed E-state index contributed by atoms with van der Waals surface area (Å²) in [7, 11) is 0. The molecule has 1 fully saturated rings. The van der Waals surface area contributed by atoms with Crippen molar-refractivity contribution in [3.05, 3.63) is 30.1 Å². The summed E-state index contributed by atoms with van der Waals surface area (Å²) in [6.45, 7) is 7.04. The molecule has 1 aliphatic rings. The van der Waals surface area contributed by atoms with Crippen LogP contribution in [0.5, 0.6) is 0 Å². The lowest BCUT2D eigenvalue weighted by atomic mass is 9.54. The van der Waals surface area contributed by atoms with Crippen molar-refractivity contribution in [2.24, 2.45) is 11.1 Å². The van der Waals surface area contributed by atoms with Gasteiger partial charge in [-0.25, -0.2) is 0 Å². The Labute approximate surface area is 119 Å². The van der Waals surface area contributed by atoms with Gasteiger partial charge in [-0.05, 0) is 24.6 Å². The summed E-state index contributed by atoms with van der Waals surface area (Å²) in [5.74, 6) is -0.115. The highest BCUT2D eigenvalue weighted by Crippen LogP contribution is 2.49. The fourth-order valence-corrected chi connectivity index (χ4v) is 2.66. The second-order valence-corrected chi connectivity index (χ2v) is 5.88. The molecule has 0 bridgehead atoms. The third kappa shape index (κ3) is 2.43. The molecule has 110 valence electrons. The van der Waals surface area contributed by atoms with Crippen LogP contribution in [0.25, 0.3) is 0 Å². The number of nitrogens with two attached hydrogens (primary N) is 1. The van der Waals surface area contributed by atoms with E-state index in [0.717, 1.165) is 5.56 Å². The maximum absolute atomic E-state index is 12.4. The van der Waals surface area contributed by atoms with E-state index in [4.69, 9.17) is 10.5 Å². The number of hydrogen-bond acceptors (Lipinski definition) is 4. The zero-order valence-corrected chi connectivity index (χ0v) is 12.3. The van der Waals surface area contributed by atoms with Crippen molar-refractivity contribution in [1.29, 1.82) is 0 Å². The highest BCUT2D eigenvalue weighted by atomic mass is 16.5. The SMILES string of the molecule is CCOC1CC(N)(C(=O)NCc2ccncc2)C1(C)C. The number of ether oxygens (including phenoxy) is 1. The number of carbonyl (C=O) groups excluding carboxylic acids is 1. The van der Waals surface area contributed by atoms with Crippen LogP contribution in [0.15, 0.2) is 24.5 Å². The van der Waals surface area contributed by atoms with E-state index in [1.807, 2.05) is 32.9 Å². The number of hydrogen-bond donors (Lipinski definition) is 2. The molecular weight excluding hydrogens is 254 g/mol. The van der Waals surface area contributed by atoms with E-state index in [9.17, 15) is 4.79 Å². The Hall–Kier alpha value is -1.46. The summed E-state index contributed by atoms with van der Waals surface area (Å²) in [6.07, 6.45) is 4.02. The van der Waals surface area contributed by atoms with Crippen LogP contribution >= 0.6 is 0 Å². The van der Waals surface area contributed by atoms with Gasteiger partial charge in [0.2, 0.25) is 5.91 Å². The minimum absolute atomic E-state index is 0.0455. The molecule has 5 nitrogen and oxygen atoms in total. The van der Waals surface area contributed by atoms with E-state index >= 15 is 0 Å². The van der Waals surface area contributed by atoms with Gasteiger partial charge in [-0.1, -0.05) is 13.8 Å². The summed E-state index contributed by atoms with van der Waals surface area (Å²) < 4.78 is 5.63. The number of pyridine rings is 1. The van der Waals surface area contributed by atoms with E-state index in [-0.39, 0.29) is 17.4 Å². The quantitative estimate of drug-likeness (QED) is 0.848. The molecule has 1 aromatic rings. The van der Waals surface area contributed by atoms with Crippen LogP contribution in [0, 0.1) is 5.41 Å². The predicted molar refractivity (Wildman–Crippen MR) is 76.8 cm³/mol. The first-order chi connectivity index (χ1) is 9.41. The number of rotatable bonds is 5. The van der Waals surface area contributed by atoms with E-state index < -0.39 is 5.54 Å². The number of amides is 1. The Morgan fingerprint density at radius 2 is 2.15 bits per heavy atom. The molecule has 1 amide bonds. The minimum atomic E-state index is -0.861. The van der Waals surface area contributed by atoms with Gasteiger partial charge in [0.25, 0.3) is 0 Å². The van der Waals surface area contributed by atoms with Crippen LogP contribution in [0.3, 0.4) is 0 Å². The van der Waals surface area contributed by atoms with Gasteiger partial charge in [0.1, 0.15) is 5.54 Å². The largest absolute Gasteiger partial charge is 0.378 e. The molecule has 2 unspecified atom stereocenters. The third-order valence-corrected chi connectivity index (χ3v) is 4.44. The van der Waals surface area contributed by atoms with Crippen molar-refractivity contribution in [2.75, 3.05) is 6.61 Å². The second kappa shape index (κ2) is 5.50. The highest BCUT2D eigenvalue weighted by molar-refractivity contribution is 5.88. The van der Waals surface area contributed by atoms with Crippen LogP contribution in [-0.4, -0.2) is 29.1 Å². The first-order valence-electron chi connectivity index (χ1n) is 6.99. The van der Waals surface area contributed by atoms with Gasteiger partial charge in [-0.15, -0.1) is 0 Å². The number of nitrogens with one attached hydrogen (secondary N) is 1. The predicted octanol–water partition coefficient (Wildman–Crippen LogP) is 1.23. The molecule has 20 heavy (non-hydrogen) atoms. The van der Waals surface area contributed by atoms with Crippen molar-refractivity contribution in [3.8, 4) is 0 Å². The van der Waals surface area contributed by atoms with Gasteiger partial charge < -0.3 is 15.8 Å². The topological polar surface area (TPSA) is 77.2 Å². The van der Waals surface area contributed by atoms with Crippen LogP contribution < -0.4 is 11.1 Å². The zero-order chi connectivity index (χ0) is 14.8. The molecule has 1 aromatic heterocycles. The Bertz CT molecular complexity index is 475. The zero-order valence-electron chi connectivity index (χ0n) is 12.3. The van der Waals surface area contributed by atoms with Gasteiger partial charge in [0.05, 0.1) is 6.10 Å². The summed E-state index contributed by atoms with van der Waals surface area (Å²) in [4.78, 5) is 16.3. The molecule has 0 aromatic carbocycles. The normalized spacial score (nSPS) is 27.7. The Balaban J connectivity index is 1.96. The summed E-state index contributed by atoms with van der Waals surface area (Å²) in [5, 5.41) is 2.91. The monoisotopic (exact) mass is 277 g/mol. The fourth-order valence-electron chi connectivity index (χ4n) is 2.66. The molecule has 1 aliphatic carbocycles. The van der Waals surface area contributed by atoms with Crippen LogP contribution in [-0.2, 0) is 16.1 Å². The van der Waals surface area contributed by atoms with Gasteiger partial charge in [-0.2, -0.15) is 0 Å². The summed E-state index contributed by atoms with van der Waals surface area (Å²) in [5.41, 5.74) is 6.10. The van der Waals surface area contributed by atoms with Crippen LogP contribution in [0.4, 0.5) is 0 Å². The molecule has 3 N–H and O–H groups in total. The van der Waals surface area contributed by atoms with Crippen LogP contribution in [0.2, 0.25) is 0 Å². The Kier molecular flexibility index (Phi) is 4.11. The molecule has 1 saturated carbocycles. The number of nitrogens with zero attached hydrogens (tertiary/aromatic N) is 1. The highest BCUT2D eigenvalue weighted by Gasteiger charge is 2.62. The summed E-state index contributed by atoms with van der Waals surface area (Å²) >= 11 is 0. The summed E-state index contributed by atoms with van der Waals surface area (Å²) in [6, 6.07) is 3.75. The first-order valence-corrected chi connectivity index (χ1v) is 6.99. The lowest BCUT2D eigenvalue weighted by molar-refractivity contribution is -0.170. The third-order valence-electron chi connectivity index (χ3n) is 4.44. The lowest BCUT2D eigenvalue weighted by Crippen LogP contribution is -2.75. The Morgan fingerprint density at radius 1 is 1.50 bits per heavy atom. The van der Waals surface area contributed by atoms with E-state index in [1.54, 1.807) is 12.4 Å². The average Bonchev–Trinajstić information content (AvgIpc) is 2.45. The van der Waals surface area contributed by atoms with Crippen molar-refractivity contribution >= 4 is 5.91 Å². The number of carbonyl (C=O) groups is 1. The van der Waals surface area contributed by atoms with Gasteiger partial charge in [-0.3, -0.25) is 9.78 Å². The van der Waals surface area contributed by atoms with Gasteiger partial charge in [0.15, 0.2) is 0 Å². The van der Waals surface area contributed by atoms with E-state index in [0.29, 0.717) is 19.6 Å². The van der Waals surface area contributed by atoms with Crippen molar-refractivity contribution in [1.82, 2.24) is 10.3 Å². The fraction of sp³-hybridized carbons (Fsp3) is 0.600. The molecule has 2 atom stereocenters. The molecule has 2 rings (SSSR count). The van der Waals surface area contributed by atoms with Crippen LogP contribution in [0.1, 0.15) is 32.8 Å². The van der Waals surface area contributed by atoms with E-state index in [1.165, 1.54) is 0 Å². The van der Waals surface area contributed by atoms with Crippen molar-refractivity contribution < 1.29 is 9.53 Å². The molecule has 1 heterocycles. The molecule has 5 heteroatoms. The first kappa shape index (κ1) is 14.9. The minimum Gasteiger partial charge on any atom is -0.378 e. The maximum atomic E-state index is 12.4. The van der Waals surface area contributed by atoms with Crippen molar-refractivity contribution in [3.63, 3.8) is 0 Å². The molecule has 0 aliphatic heterocycles. The average molecular weight is 277 g/mol. The van der Waals surface area contributed by atoms with Crippen molar-refractivity contribution in [2.45, 2.75) is 45.4 Å². The standard InChI is InChI=1S/C15H23N3O2/c1-4-20-12-9-15(16,14(12,2)3)13(19)18-10-11-5-7-17-8-6-11/h5-8,12H,4,9-10,16H2,1-3H3,(H,18,19). The lowest BCUT2D eigenvalue weighted by Gasteiger charge is -2.57. The molecular formula is C15H23N3O2. The Morgan fingerprint density at radius 3 is 2.70 bits per heavy atom. The maximum Gasteiger partial charge on any atom is 0.241 e. The smallest absolute Gasteiger partial charge is 0.241 e.